The van der Waals surface area contributed by atoms with Gasteiger partial charge in [-0.15, -0.1) is 0 Å². The second kappa shape index (κ2) is 8.97. The highest BCUT2D eigenvalue weighted by Crippen LogP contribution is 2.39. The molecule has 1 unspecified atom stereocenters. The van der Waals surface area contributed by atoms with Gasteiger partial charge in [0.25, 0.3) is 5.91 Å². The number of nitrogens with zero attached hydrogens (tertiary/aromatic N) is 1. The van der Waals surface area contributed by atoms with Gasteiger partial charge in [0.15, 0.2) is 17.3 Å². The fraction of sp³-hybridized carbons (Fsp3) is 0.280. The number of carbonyl (C=O) groups is 2. The van der Waals surface area contributed by atoms with E-state index in [1.165, 1.54) is 29.4 Å². The van der Waals surface area contributed by atoms with Crippen LogP contribution in [-0.2, 0) is 4.79 Å². The highest BCUT2D eigenvalue weighted by Gasteiger charge is 2.37. The van der Waals surface area contributed by atoms with Crippen LogP contribution in [0.3, 0.4) is 0 Å². The average Bonchev–Trinajstić information content (AvgIpc) is 3.60. The third-order valence-electron chi connectivity index (χ3n) is 5.99. The summed E-state index contributed by atoms with van der Waals surface area (Å²) in [6.07, 6.45) is 5.12. The summed E-state index contributed by atoms with van der Waals surface area (Å²) in [7, 11) is 0. The number of carbonyl (C=O) groups excluding carboxylic acids is 2. The summed E-state index contributed by atoms with van der Waals surface area (Å²) >= 11 is 0. The normalized spacial score (nSPS) is 15.9. The molecule has 8 heteroatoms. The van der Waals surface area contributed by atoms with Crippen molar-refractivity contribution < 1.29 is 27.9 Å². The topological polar surface area (TPSA) is 81.0 Å². The van der Waals surface area contributed by atoms with Crippen molar-refractivity contribution in [2.45, 2.75) is 37.8 Å². The van der Waals surface area contributed by atoms with Gasteiger partial charge in [0.05, 0.1) is 6.26 Å². The standard InChI is InChI=1S/C25H23FN2O5/c26-19-9-4-3-8-18(19)23(24(29)27-16-6-1-2-7-16)28(25(30)21-10-5-13-31-21)17-11-12-20-22(14-17)33-15-32-20/h3-5,8-14,16,23H,1-2,6-7,15H2,(H,27,29). The molecular weight excluding hydrogens is 427 g/mol. The van der Waals surface area contributed by atoms with E-state index in [0.717, 1.165) is 25.7 Å². The molecule has 1 N–H and O–H groups in total. The Kier molecular flexibility index (Phi) is 5.73. The van der Waals surface area contributed by atoms with E-state index in [0.29, 0.717) is 17.2 Å². The molecule has 2 heterocycles. The number of amides is 2. The molecule has 1 aliphatic carbocycles. The monoisotopic (exact) mass is 450 g/mol. The van der Waals surface area contributed by atoms with Crippen molar-refractivity contribution >= 4 is 17.5 Å². The molecular formula is C25H23FN2O5. The van der Waals surface area contributed by atoms with Gasteiger partial charge < -0.3 is 19.2 Å². The zero-order valence-electron chi connectivity index (χ0n) is 17.8. The molecule has 7 nitrogen and oxygen atoms in total. The second-order valence-electron chi connectivity index (χ2n) is 8.10. The van der Waals surface area contributed by atoms with Crippen molar-refractivity contribution in [1.29, 1.82) is 0 Å². The van der Waals surface area contributed by atoms with Crippen LogP contribution in [0.5, 0.6) is 11.5 Å². The van der Waals surface area contributed by atoms with E-state index in [4.69, 9.17) is 13.9 Å². The molecule has 5 rings (SSSR count). The third-order valence-corrected chi connectivity index (χ3v) is 5.99. The summed E-state index contributed by atoms with van der Waals surface area (Å²) in [5, 5.41) is 3.02. The molecule has 1 saturated carbocycles. The highest BCUT2D eigenvalue weighted by molar-refractivity contribution is 6.08. The Bertz CT molecular complexity index is 1160. The fourth-order valence-corrected chi connectivity index (χ4v) is 4.38. The number of rotatable bonds is 6. The first-order chi connectivity index (χ1) is 16.1. The van der Waals surface area contributed by atoms with Gasteiger partial charge in [-0.1, -0.05) is 31.0 Å². The minimum Gasteiger partial charge on any atom is -0.459 e. The molecule has 170 valence electrons. The van der Waals surface area contributed by atoms with E-state index in [1.54, 1.807) is 36.4 Å². The van der Waals surface area contributed by atoms with Crippen molar-refractivity contribution in [3.63, 3.8) is 0 Å². The average molecular weight is 450 g/mol. The first-order valence-corrected chi connectivity index (χ1v) is 10.9. The molecule has 0 saturated heterocycles. The Morgan fingerprint density at radius 3 is 2.55 bits per heavy atom. The Morgan fingerprint density at radius 1 is 1.00 bits per heavy atom. The minimum atomic E-state index is -1.26. The SMILES string of the molecule is O=C(NC1CCCC1)C(c1ccccc1F)N(C(=O)c1ccco1)c1ccc2c(c1)OCO2. The summed E-state index contributed by atoms with van der Waals surface area (Å²) in [6.45, 7) is 0.0594. The van der Waals surface area contributed by atoms with E-state index in [2.05, 4.69) is 5.32 Å². The summed E-state index contributed by atoms with van der Waals surface area (Å²) in [5.41, 5.74) is 0.445. The smallest absolute Gasteiger partial charge is 0.294 e. The summed E-state index contributed by atoms with van der Waals surface area (Å²) in [6, 6.07) is 12.7. The number of furan rings is 1. The van der Waals surface area contributed by atoms with Gasteiger partial charge in [-0.25, -0.2) is 4.39 Å². The summed E-state index contributed by atoms with van der Waals surface area (Å²) < 4.78 is 31.2. The molecule has 33 heavy (non-hydrogen) atoms. The van der Waals surface area contributed by atoms with Gasteiger partial charge in [-0.3, -0.25) is 14.5 Å². The highest BCUT2D eigenvalue weighted by atomic mass is 19.1. The van der Waals surface area contributed by atoms with Crippen molar-refractivity contribution in [3.05, 3.63) is 78.0 Å². The maximum absolute atomic E-state index is 15.0. The number of anilines is 1. The molecule has 2 aromatic carbocycles. The van der Waals surface area contributed by atoms with Crippen LogP contribution in [0, 0.1) is 5.82 Å². The van der Waals surface area contributed by atoms with Crippen LogP contribution in [0.2, 0.25) is 0 Å². The van der Waals surface area contributed by atoms with E-state index >= 15 is 4.39 Å². The van der Waals surface area contributed by atoms with E-state index in [-0.39, 0.29) is 24.2 Å². The lowest BCUT2D eigenvalue weighted by molar-refractivity contribution is -0.123. The molecule has 0 bridgehead atoms. The Morgan fingerprint density at radius 2 is 1.79 bits per heavy atom. The Labute approximate surface area is 190 Å². The molecule has 2 aliphatic rings. The number of halogens is 1. The molecule has 0 radical (unpaired) electrons. The van der Waals surface area contributed by atoms with Gasteiger partial charge in [-0.05, 0) is 43.2 Å². The number of hydrogen-bond donors (Lipinski definition) is 1. The quantitative estimate of drug-likeness (QED) is 0.594. The number of benzene rings is 2. The van der Waals surface area contributed by atoms with Crippen LogP contribution < -0.4 is 19.7 Å². The first kappa shape index (κ1) is 21.1. The van der Waals surface area contributed by atoms with Crippen LogP contribution in [0.25, 0.3) is 0 Å². The van der Waals surface area contributed by atoms with Crippen LogP contribution >= 0.6 is 0 Å². The second-order valence-corrected chi connectivity index (χ2v) is 8.10. The van der Waals surface area contributed by atoms with Crippen molar-refractivity contribution in [3.8, 4) is 11.5 Å². The lowest BCUT2D eigenvalue weighted by Gasteiger charge is -2.32. The Hall–Kier alpha value is -3.81. The van der Waals surface area contributed by atoms with E-state index in [9.17, 15) is 9.59 Å². The van der Waals surface area contributed by atoms with Crippen LogP contribution in [0.1, 0.15) is 47.8 Å². The molecule has 1 fully saturated rings. The molecule has 3 aromatic rings. The van der Waals surface area contributed by atoms with Crippen LogP contribution in [0.15, 0.2) is 65.3 Å². The zero-order valence-corrected chi connectivity index (χ0v) is 17.8. The third kappa shape index (κ3) is 4.16. The van der Waals surface area contributed by atoms with Crippen LogP contribution in [0.4, 0.5) is 10.1 Å². The van der Waals surface area contributed by atoms with Gasteiger partial charge >= 0.3 is 0 Å². The molecule has 0 spiro atoms. The van der Waals surface area contributed by atoms with E-state index < -0.39 is 23.7 Å². The minimum absolute atomic E-state index is 0.0101. The van der Waals surface area contributed by atoms with Gasteiger partial charge in [0.1, 0.15) is 11.9 Å². The molecule has 1 atom stereocenters. The van der Waals surface area contributed by atoms with Crippen molar-refractivity contribution in [1.82, 2.24) is 5.32 Å². The van der Waals surface area contributed by atoms with Gasteiger partial charge in [0.2, 0.25) is 12.7 Å². The summed E-state index contributed by atoms with van der Waals surface area (Å²) in [4.78, 5) is 28.5. The van der Waals surface area contributed by atoms with Crippen molar-refractivity contribution in [2.75, 3.05) is 11.7 Å². The fourth-order valence-electron chi connectivity index (χ4n) is 4.38. The van der Waals surface area contributed by atoms with Crippen LogP contribution in [-0.4, -0.2) is 24.6 Å². The molecule has 2 amide bonds. The zero-order chi connectivity index (χ0) is 22.8. The lowest BCUT2D eigenvalue weighted by atomic mass is 10.0. The predicted octanol–water partition coefficient (Wildman–Crippen LogP) is 4.59. The van der Waals surface area contributed by atoms with Crippen molar-refractivity contribution in [2.24, 2.45) is 0 Å². The summed E-state index contributed by atoms with van der Waals surface area (Å²) in [5.74, 6) is -0.613. The number of hydrogen-bond acceptors (Lipinski definition) is 5. The number of fused-ring (bicyclic) bond motifs is 1. The predicted molar refractivity (Wildman–Crippen MR) is 118 cm³/mol. The van der Waals surface area contributed by atoms with Gasteiger partial charge in [0, 0.05) is 23.4 Å². The Balaban J connectivity index is 1.62. The maximum Gasteiger partial charge on any atom is 0.294 e. The van der Waals surface area contributed by atoms with E-state index in [1.807, 2.05) is 0 Å². The molecule has 1 aliphatic heterocycles. The first-order valence-electron chi connectivity index (χ1n) is 10.9. The molecule has 1 aromatic heterocycles. The lowest BCUT2D eigenvalue weighted by Crippen LogP contribution is -2.46. The number of ether oxygens (including phenoxy) is 2. The maximum atomic E-state index is 15.0. The van der Waals surface area contributed by atoms with Gasteiger partial charge in [-0.2, -0.15) is 0 Å². The number of nitrogens with one attached hydrogen (secondary N) is 1. The largest absolute Gasteiger partial charge is 0.459 e.